The molecule has 5 aliphatic rings. The number of amides is 2. The summed E-state index contributed by atoms with van der Waals surface area (Å²) in [6, 6.07) is 0. The third-order valence-corrected chi connectivity index (χ3v) is 11.4. The van der Waals surface area contributed by atoms with Crippen LogP contribution in [0.2, 0.25) is 0 Å². The second-order valence-corrected chi connectivity index (χ2v) is 11.6. The third-order valence-electron chi connectivity index (χ3n) is 7.11. The smallest absolute Gasteiger partial charge is 0.260 e. The first-order chi connectivity index (χ1) is 13.6. The van der Waals surface area contributed by atoms with E-state index in [1.54, 1.807) is 0 Å². The minimum absolute atomic E-state index is 0.0687. The third kappa shape index (κ3) is 2.16. The molecule has 5 rings (SSSR count). The van der Waals surface area contributed by atoms with Crippen LogP contribution >= 0.6 is 69.6 Å². The fourth-order valence-corrected chi connectivity index (χ4v) is 8.97. The minimum Gasteiger partial charge on any atom is -0.373 e. The van der Waals surface area contributed by atoms with Gasteiger partial charge < -0.3 is 4.74 Å². The summed E-state index contributed by atoms with van der Waals surface area (Å²) in [6.45, 7) is 2.35. The molecular formula is C18H17Cl6NO4. The fraction of sp³-hybridized carbons (Fsp3) is 0.778. The van der Waals surface area contributed by atoms with Crippen LogP contribution in [0.4, 0.5) is 0 Å². The van der Waals surface area contributed by atoms with Crippen molar-refractivity contribution in [3.8, 4) is 0 Å². The molecule has 2 amide bonds. The number of fused-ring (bicyclic) bond motifs is 12. The summed E-state index contributed by atoms with van der Waals surface area (Å²) in [7, 11) is 0. The standard InChI is InChI=1S/C18H17Cl6NO4/c1-2-3-4-5-28-25-14(26)6-7(15(25)27)11-9-8(10(6)29-11)16(21)12(19)13(20)17(9,22)18(16,23)24/h6-11H,2-5H2,1H3/t6-,7+,8+,9-,10+,11-,16-,17-/m1/s1. The molecule has 0 aromatic carbocycles. The molecule has 0 spiro atoms. The molecule has 1 saturated carbocycles. The average Bonchev–Trinajstić information content (AvgIpc) is 3.37. The first kappa shape index (κ1) is 21.4. The van der Waals surface area contributed by atoms with Crippen molar-refractivity contribution in [1.82, 2.24) is 5.06 Å². The number of unbranched alkanes of at least 4 members (excludes halogenated alkanes) is 2. The molecule has 4 bridgehead atoms. The molecule has 5 nitrogen and oxygen atoms in total. The lowest BCUT2D eigenvalue weighted by Crippen LogP contribution is -2.50. The maximum Gasteiger partial charge on any atom is 0.260 e. The zero-order chi connectivity index (χ0) is 21.1. The minimum atomic E-state index is -1.71. The van der Waals surface area contributed by atoms with Crippen molar-refractivity contribution in [2.24, 2.45) is 23.7 Å². The summed E-state index contributed by atoms with van der Waals surface area (Å²) in [6.07, 6.45) is 1.29. The van der Waals surface area contributed by atoms with E-state index in [-0.39, 0.29) is 10.1 Å². The van der Waals surface area contributed by atoms with Gasteiger partial charge in [-0.3, -0.25) is 14.4 Å². The summed E-state index contributed by atoms with van der Waals surface area (Å²) in [5.41, 5.74) is 0. The van der Waals surface area contributed by atoms with Crippen molar-refractivity contribution < 1.29 is 19.2 Å². The van der Waals surface area contributed by atoms with Crippen molar-refractivity contribution >= 4 is 81.4 Å². The summed E-state index contributed by atoms with van der Waals surface area (Å²) in [4.78, 5) is 28.5. The van der Waals surface area contributed by atoms with Gasteiger partial charge in [0.2, 0.25) is 0 Å². The van der Waals surface area contributed by atoms with Gasteiger partial charge >= 0.3 is 0 Å². The zero-order valence-corrected chi connectivity index (χ0v) is 19.7. The number of hydrogen-bond donors (Lipinski definition) is 0. The molecule has 3 saturated heterocycles. The predicted octanol–water partition coefficient (Wildman–Crippen LogP) is 4.57. The second-order valence-electron chi connectivity index (χ2n) is 8.31. The van der Waals surface area contributed by atoms with Crippen molar-refractivity contribution in [2.75, 3.05) is 6.61 Å². The normalized spacial score (nSPS) is 48.9. The number of carbonyl (C=O) groups excluding carboxylic acids is 2. The summed E-state index contributed by atoms with van der Waals surface area (Å²) < 4.78 is 4.37. The Hall–Kier alpha value is 0.540. The number of hydroxylamine groups is 2. The van der Waals surface area contributed by atoms with Crippen LogP contribution in [0.3, 0.4) is 0 Å². The summed E-state index contributed by atoms with van der Waals surface area (Å²) in [5.74, 6) is -3.46. The Balaban J connectivity index is 1.50. The Kier molecular flexibility index (Phi) is 4.82. The topological polar surface area (TPSA) is 55.8 Å². The number of allylic oxidation sites excluding steroid dienone is 2. The van der Waals surface area contributed by atoms with E-state index in [9.17, 15) is 9.59 Å². The van der Waals surface area contributed by atoms with Crippen LogP contribution in [0.25, 0.3) is 0 Å². The molecule has 3 heterocycles. The Morgan fingerprint density at radius 1 is 0.931 bits per heavy atom. The number of halogens is 6. The first-order valence-electron chi connectivity index (χ1n) is 9.54. The quantitative estimate of drug-likeness (QED) is 0.301. The van der Waals surface area contributed by atoms with E-state index < -0.39 is 61.8 Å². The number of imide groups is 1. The largest absolute Gasteiger partial charge is 0.373 e. The van der Waals surface area contributed by atoms with E-state index in [0.29, 0.717) is 6.61 Å². The fourth-order valence-electron chi connectivity index (χ4n) is 5.91. The van der Waals surface area contributed by atoms with Gasteiger partial charge in [-0.15, -0.1) is 23.2 Å². The van der Waals surface area contributed by atoms with Crippen LogP contribution in [-0.4, -0.2) is 49.8 Å². The number of carbonyl (C=O) groups is 2. The zero-order valence-electron chi connectivity index (χ0n) is 15.1. The molecule has 160 valence electrons. The molecule has 3 aliphatic heterocycles. The molecule has 11 heteroatoms. The molecule has 0 N–H and O–H groups in total. The SMILES string of the molecule is CCCCCON1C(=O)[C@@H]2[C@H]3O[C@@H]([C@@H]2C1=O)[C@@H]1[C@H]3[C@@]2(Cl)C(Cl)=C(Cl)[C@@]1(Cl)C2(Cl)Cl. The molecule has 2 aliphatic carbocycles. The van der Waals surface area contributed by atoms with Gasteiger partial charge in [-0.25, -0.2) is 0 Å². The van der Waals surface area contributed by atoms with Crippen LogP contribution in [0.5, 0.6) is 0 Å². The summed E-state index contributed by atoms with van der Waals surface area (Å²) in [5, 5.41) is 1.02. The first-order valence-corrected chi connectivity index (χ1v) is 11.8. The summed E-state index contributed by atoms with van der Waals surface area (Å²) >= 11 is 40.0. The number of nitrogens with zero attached hydrogens (tertiary/aromatic N) is 1. The van der Waals surface area contributed by atoms with Crippen molar-refractivity contribution in [1.29, 1.82) is 0 Å². The van der Waals surface area contributed by atoms with E-state index in [2.05, 4.69) is 6.92 Å². The molecule has 0 unspecified atom stereocenters. The van der Waals surface area contributed by atoms with Crippen LogP contribution in [-0.2, 0) is 19.2 Å². The van der Waals surface area contributed by atoms with Gasteiger partial charge in [0, 0.05) is 11.8 Å². The van der Waals surface area contributed by atoms with Gasteiger partial charge in [0.05, 0.1) is 40.7 Å². The van der Waals surface area contributed by atoms with E-state index in [1.165, 1.54) is 0 Å². The van der Waals surface area contributed by atoms with E-state index in [0.717, 1.165) is 24.3 Å². The van der Waals surface area contributed by atoms with Gasteiger partial charge in [0.25, 0.3) is 11.8 Å². The predicted molar refractivity (Wildman–Crippen MR) is 110 cm³/mol. The number of ether oxygens (including phenoxy) is 1. The molecule has 8 atom stereocenters. The highest BCUT2D eigenvalue weighted by Crippen LogP contribution is 2.81. The number of hydrogen-bond acceptors (Lipinski definition) is 4. The van der Waals surface area contributed by atoms with Gasteiger partial charge in [-0.05, 0) is 6.42 Å². The monoisotopic (exact) mass is 521 g/mol. The van der Waals surface area contributed by atoms with Crippen molar-refractivity contribution in [2.45, 2.75) is 52.5 Å². The van der Waals surface area contributed by atoms with E-state index in [4.69, 9.17) is 79.2 Å². The Bertz CT molecular complexity index is 792. The van der Waals surface area contributed by atoms with E-state index in [1.807, 2.05) is 0 Å². The van der Waals surface area contributed by atoms with Crippen molar-refractivity contribution in [3.05, 3.63) is 10.1 Å². The van der Waals surface area contributed by atoms with Crippen LogP contribution in [0.1, 0.15) is 26.2 Å². The highest BCUT2D eigenvalue weighted by atomic mass is 35.5. The van der Waals surface area contributed by atoms with Gasteiger partial charge in [-0.1, -0.05) is 66.2 Å². The molecule has 0 radical (unpaired) electrons. The highest BCUT2D eigenvalue weighted by Gasteiger charge is 2.90. The van der Waals surface area contributed by atoms with Crippen molar-refractivity contribution in [3.63, 3.8) is 0 Å². The van der Waals surface area contributed by atoms with Gasteiger partial charge in [-0.2, -0.15) is 5.06 Å². The second kappa shape index (κ2) is 6.54. The molecule has 4 fully saturated rings. The number of alkyl halides is 4. The van der Waals surface area contributed by atoms with Crippen LogP contribution in [0.15, 0.2) is 10.1 Å². The maximum atomic E-state index is 13.0. The number of rotatable bonds is 5. The maximum absolute atomic E-state index is 13.0. The Labute approximate surface area is 197 Å². The Morgan fingerprint density at radius 3 is 1.86 bits per heavy atom. The highest BCUT2D eigenvalue weighted by molar-refractivity contribution is 6.65. The Morgan fingerprint density at radius 2 is 1.41 bits per heavy atom. The molecule has 0 aromatic rings. The molecular weight excluding hydrogens is 507 g/mol. The van der Waals surface area contributed by atoms with Gasteiger partial charge in [0.1, 0.15) is 9.75 Å². The van der Waals surface area contributed by atoms with Gasteiger partial charge in [0.15, 0.2) is 4.33 Å². The lowest BCUT2D eigenvalue weighted by atomic mass is 9.65. The average molecular weight is 524 g/mol. The molecule has 0 aromatic heterocycles. The lowest BCUT2D eigenvalue weighted by molar-refractivity contribution is -0.192. The lowest BCUT2D eigenvalue weighted by Gasteiger charge is -2.39. The van der Waals surface area contributed by atoms with Crippen LogP contribution < -0.4 is 0 Å². The van der Waals surface area contributed by atoms with E-state index >= 15 is 0 Å². The van der Waals surface area contributed by atoms with Crippen LogP contribution in [0, 0.1) is 23.7 Å². The molecule has 29 heavy (non-hydrogen) atoms.